The number of anilines is 1. The molecule has 2 amide bonds. The summed E-state index contributed by atoms with van der Waals surface area (Å²) in [6, 6.07) is 10.0. The summed E-state index contributed by atoms with van der Waals surface area (Å²) in [5.74, 6) is 0.303. The Labute approximate surface area is 206 Å². The maximum absolute atomic E-state index is 14.9. The Bertz CT molecular complexity index is 1640. The topological polar surface area (TPSA) is 116 Å². The minimum absolute atomic E-state index is 0.192. The number of hydrogen-bond donors (Lipinski definition) is 4. The molecule has 0 atom stereocenters. The predicted molar refractivity (Wildman–Crippen MR) is 138 cm³/mol. The molecule has 0 fully saturated rings. The number of amides is 2. The molecule has 2 heterocycles. The van der Waals surface area contributed by atoms with E-state index in [-0.39, 0.29) is 17.4 Å². The molecule has 0 saturated heterocycles. The van der Waals surface area contributed by atoms with Gasteiger partial charge < -0.3 is 10.3 Å². The van der Waals surface area contributed by atoms with Gasteiger partial charge in [0.1, 0.15) is 5.82 Å². The van der Waals surface area contributed by atoms with Crippen LogP contribution in [0, 0.1) is 11.7 Å². The summed E-state index contributed by atoms with van der Waals surface area (Å²) in [6.45, 7) is 4.58. The number of carbonyl (C=O) groups excluding carboxylic acids is 1. The number of aromatic amines is 2. The minimum Gasteiger partial charge on any atom is -0.338 e. The quantitative estimate of drug-likeness (QED) is 0.335. The second-order valence-corrected chi connectivity index (χ2v) is 9.35. The summed E-state index contributed by atoms with van der Waals surface area (Å²) < 4.78 is 14.9. The Morgan fingerprint density at radius 3 is 2.72 bits per heavy atom. The molecule has 4 aromatic rings. The highest BCUT2D eigenvalue weighted by Gasteiger charge is 2.13. The normalized spacial score (nSPS) is 12.7. The highest BCUT2D eigenvalue weighted by atomic mass is 19.1. The Morgan fingerprint density at radius 1 is 1.11 bits per heavy atom. The molecule has 1 aliphatic carbocycles. The van der Waals surface area contributed by atoms with Crippen LogP contribution in [0.25, 0.3) is 34.3 Å². The maximum atomic E-state index is 14.9. The highest BCUT2D eigenvalue weighted by molar-refractivity contribution is 5.90. The molecular weight excluding hydrogens is 459 g/mol. The Kier molecular flexibility index (Phi) is 6.37. The zero-order chi connectivity index (χ0) is 25.2. The SMILES string of the molecule is CC(C)CNC(=O)Nc1nc2cc(-c3cc(Cc4n[nH]c(=O)c5c4=CCCC=5)ccc3F)ccc2[nH]1. The summed E-state index contributed by atoms with van der Waals surface area (Å²) in [7, 11) is 0. The summed E-state index contributed by atoms with van der Waals surface area (Å²) in [5, 5.41) is 13.8. The molecule has 36 heavy (non-hydrogen) atoms. The van der Waals surface area contributed by atoms with Crippen molar-refractivity contribution in [3.63, 3.8) is 0 Å². The van der Waals surface area contributed by atoms with Crippen LogP contribution in [0.2, 0.25) is 0 Å². The second-order valence-electron chi connectivity index (χ2n) is 9.35. The Balaban J connectivity index is 1.42. The first-order valence-electron chi connectivity index (χ1n) is 12.0. The zero-order valence-corrected chi connectivity index (χ0v) is 20.1. The maximum Gasteiger partial charge on any atom is 0.321 e. The summed E-state index contributed by atoms with van der Waals surface area (Å²) in [4.78, 5) is 31.7. The van der Waals surface area contributed by atoms with E-state index in [9.17, 15) is 14.0 Å². The lowest BCUT2D eigenvalue weighted by Gasteiger charge is -2.09. The zero-order valence-electron chi connectivity index (χ0n) is 20.1. The molecule has 0 spiro atoms. The number of rotatable bonds is 6. The van der Waals surface area contributed by atoms with Gasteiger partial charge >= 0.3 is 6.03 Å². The van der Waals surface area contributed by atoms with Crippen LogP contribution in [-0.4, -0.2) is 32.7 Å². The van der Waals surface area contributed by atoms with E-state index in [1.807, 2.05) is 38.1 Å². The molecule has 2 aromatic heterocycles. The highest BCUT2D eigenvalue weighted by Crippen LogP contribution is 2.28. The number of nitrogens with one attached hydrogen (secondary N) is 4. The number of hydrogen-bond acceptors (Lipinski definition) is 4. The Hall–Kier alpha value is -4.27. The van der Waals surface area contributed by atoms with Crippen molar-refractivity contribution in [2.75, 3.05) is 11.9 Å². The third kappa shape index (κ3) is 4.91. The third-order valence-electron chi connectivity index (χ3n) is 6.10. The van der Waals surface area contributed by atoms with Crippen molar-refractivity contribution < 1.29 is 9.18 Å². The lowest BCUT2D eigenvalue weighted by Crippen LogP contribution is -2.45. The van der Waals surface area contributed by atoms with Gasteiger partial charge in [0.15, 0.2) is 0 Å². The van der Waals surface area contributed by atoms with Crippen LogP contribution < -0.4 is 26.6 Å². The minimum atomic E-state index is -0.351. The standard InChI is InChI=1S/C27H27FN6O2/c1-15(2)14-29-27(36)32-26-30-22-10-8-17(13-24(22)31-26)20-11-16(7-9-21(20)28)12-23-18-5-3-4-6-19(18)25(35)34-33-23/h5-11,13,15H,3-4,12,14H2,1-2H3,(H,34,35)(H3,29,30,31,32,36). The second kappa shape index (κ2) is 9.77. The fourth-order valence-electron chi connectivity index (χ4n) is 4.32. The number of H-pyrrole nitrogens is 2. The van der Waals surface area contributed by atoms with Crippen molar-refractivity contribution in [2.24, 2.45) is 5.92 Å². The number of benzene rings is 2. The van der Waals surface area contributed by atoms with Crippen LogP contribution in [0.4, 0.5) is 15.1 Å². The number of aromatic nitrogens is 4. The van der Waals surface area contributed by atoms with Crippen LogP contribution in [0.3, 0.4) is 0 Å². The summed E-state index contributed by atoms with van der Waals surface area (Å²) in [6.07, 6.45) is 6.12. The molecule has 1 aliphatic rings. The van der Waals surface area contributed by atoms with Crippen molar-refractivity contribution in [3.8, 4) is 11.1 Å². The molecule has 9 heteroatoms. The van der Waals surface area contributed by atoms with Gasteiger partial charge in [-0.3, -0.25) is 10.1 Å². The van der Waals surface area contributed by atoms with Gasteiger partial charge in [0, 0.05) is 29.0 Å². The fourth-order valence-corrected chi connectivity index (χ4v) is 4.32. The monoisotopic (exact) mass is 486 g/mol. The molecule has 0 aliphatic heterocycles. The van der Waals surface area contributed by atoms with Gasteiger partial charge in [0.2, 0.25) is 5.95 Å². The van der Waals surface area contributed by atoms with E-state index in [2.05, 4.69) is 30.8 Å². The molecule has 0 bridgehead atoms. The predicted octanol–water partition coefficient (Wildman–Crippen LogP) is 3.18. The molecule has 5 rings (SSSR count). The summed E-state index contributed by atoms with van der Waals surface area (Å²) in [5.41, 5.74) is 3.88. The van der Waals surface area contributed by atoms with E-state index < -0.39 is 0 Å². The van der Waals surface area contributed by atoms with Gasteiger partial charge in [-0.25, -0.2) is 19.3 Å². The first kappa shape index (κ1) is 23.5. The van der Waals surface area contributed by atoms with Gasteiger partial charge in [-0.05, 0) is 54.2 Å². The lowest BCUT2D eigenvalue weighted by molar-refractivity contribution is 0.250. The number of nitrogens with zero attached hydrogens (tertiary/aromatic N) is 2. The van der Waals surface area contributed by atoms with Crippen LogP contribution in [0.15, 0.2) is 41.2 Å². The van der Waals surface area contributed by atoms with Crippen molar-refractivity contribution in [1.29, 1.82) is 0 Å². The van der Waals surface area contributed by atoms with Gasteiger partial charge in [0.25, 0.3) is 5.56 Å². The average Bonchev–Trinajstić information content (AvgIpc) is 3.27. The first-order valence-corrected chi connectivity index (χ1v) is 12.0. The fraction of sp³-hybridized carbons (Fsp3) is 0.259. The van der Waals surface area contributed by atoms with Crippen LogP contribution in [-0.2, 0) is 6.42 Å². The lowest BCUT2D eigenvalue weighted by atomic mass is 9.98. The average molecular weight is 487 g/mol. The van der Waals surface area contributed by atoms with Gasteiger partial charge in [0.05, 0.1) is 16.7 Å². The molecule has 2 aromatic carbocycles. The van der Waals surface area contributed by atoms with Crippen molar-refractivity contribution in [3.05, 3.63) is 74.3 Å². The van der Waals surface area contributed by atoms with Gasteiger partial charge in [-0.2, -0.15) is 5.10 Å². The molecule has 4 N–H and O–H groups in total. The molecule has 0 saturated carbocycles. The number of urea groups is 1. The first-order chi connectivity index (χ1) is 17.4. The molecular formula is C27H27FN6O2. The molecule has 184 valence electrons. The van der Waals surface area contributed by atoms with Crippen molar-refractivity contribution in [1.82, 2.24) is 25.5 Å². The van der Waals surface area contributed by atoms with Gasteiger partial charge in [-0.1, -0.05) is 38.1 Å². The number of carbonyl (C=O) groups is 1. The third-order valence-corrected chi connectivity index (χ3v) is 6.10. The van der Waals surface area contributed by atoms with Gasteiger partial charge in [-0.15, -0.1) is 0 Å². The Morgan fingerprint density at radius 2 is 1.92 bits per heavy atom. The molecule has 0 unspecified atom stereocenters. The van der Waals surface area contributed by atoms with E-state index in [4.69, 9.17) is 0 Å². The number of imidazole rings is 1. The van der Waals surface area contributed by atoms with E-state index in [0.717, 1.165) is 34.8 Å². The van der Waals surface area contributed by atoms with E-state index in [0.29, 0.717) is 46.7 Å². The van der Waals surface area contributed by atoms with Crippen LogP contribution in [0.1, 0.15) is 37.9 Å². The molecule has 8 nitrogen and oxygen atoms in total. The largest absolute Gasteiger partial charge is 0.338 e. The number of halogens is 1. The summed E-state index contributed by atoms with van der Waals surface area (Å²) >= 11 is 0. The smallest absolute Gasteiger partial charge is 0.321 e. The van der Waals surface area contributed by atoms with Crippen molar-refractivity contribution in [2.45, 2.75) is 33.1 Å². The van der Waals surface area contributed by atoms with Crippen molar-refractivity contribution >= 4 is 35.2 Å². The van der Waals surface area contributed by atoms with Crippen LogP contribution >= 0.6 is 0 Å². The van der Waals surface area contributed by atoms with E-state index in [1.54, 1.807) is 18.2 Å². The van der Waals surface area contributed by atoms with Crippen LogP contribution in [0.5, 0.6) is 0 Å². The number of fused-ring (bicyclic) bond motifs is 2. The van der Waals surface area contributed by atoms with E-state index in [1.165, 1.54) is 6.07 Å². The van der Waals surface area contributed by atoms with E-state index >= 15 is 0 Å². The molecule has 0 radical (unpaired) electrons.